The van der Waals surface area contributed by atoms with Crippen molar-refractivity contribution < 1.29 is 18.0 Å². The molecule has 0 saturated heterocycles. The number of hydrogen-bond donors (Lipinski definition) is 1. The van der Waals surface area contributed by atoms with Gasteiger partial charge in [0.2, 0.25) is 11.8 Å². The minimum atomic E-state index is -4.14. The van der Waals surface area contributed by atoms with Crippen molar-refractivity contribution in [3.8, 4) is 0 Å². The third kappa shape index (κ3) is 6.44. The van der Waals surface area contributed by atoms with Crippen LogP contribution in [0.3, 0.4) is 0 Å². The van der Waals surface area contributed by atoms with E-state index in [1.165, 1.54) is 17.0 Å². The minimum absolute atomic E-state index is 0.0274. The highest BCUT2D eigenvalue weighted by Crippen LogP contribution is 2.30. The van der Waals surface area contributed by atoms with Gasteiger partial charge in [0.15, 0.2) is 0 Å². The Kier molecular flexibility index (Phi) is 9.12. The van der Waals surface area contributed by atoms with E-state index in [2.05, 4.69) is 5.32 Å². The molecule has 190 valence electrons. The lowest BCUT2D eigenvalue weighted by Crippen LogP contribution is -2.51. The number of carbonyl (C=O) groups excluding carboxylic acids is 2. The molecule has 1 atom stereocenters. The predicted molar refractivity (Wildman–Crippen MR) is 142 cm³/mol. The largest absolute Gasteiger partial charge is 0.355 e. The fourth-order valence-corrected chi connectivity index (χ4v) is 5.42. The molecule has 0 aliphatic carbocycles. The molecule has 0 fully saturated rings. The highest BCUT2D eigenvalue weighted by atomic mass is 35.5. The van der Waals surface area contributed by atoms with Crippen molar-refractivity contribution >= 4 is 39.1 Å². The van der Waals surface area contributed by atoms with Crippen LogP contribution >= 0.6 is 11.6 Å². The van der Waals surface area contributed by atoms with Gasteiger partial charge in [-0.1, -0.05) is 71.8 Å². The van der Waals surface area contributed by atoms with Gasteiger partial charge < -0.3 is 10.2 Å². The molecule has 0 heterocycles. The molecular formula is C27H30ClN3O4S. The lowest BCUT2D eigenvalue weighted by molar-refractivity contribution is -0.139. The molecule has 3 aromatic carbocycles. The van der Waals surface area contributed by atoms with Gasteiger partial charge in [0.05, 0.1) is 15.6 Å². The molecule has 0 radical (unpaired) electrons. The number of carbonyl (C=O) groups is 2. The number of nitrogens with one attached hydrogen (secondary N) is 1. The van der Waals surface area contributed by atoms with Crippen molar-refractivity contribution in [3.63, 3.8) is 0 Å². The first kappa shape index (κ1) is 27.2. The fraction of sp³-hybridized carbons (Fsp3) is 0.259. The molecule has 0 aliphatic rings. The first-order valence-corrected chi connectivity index (χ1v) is 13.4. The topological polar surface area (TPSA) is 86.8 Å². The zero-order valence-corrected chi connectivity index (χ0v) is 22.1. The first-order valence-electron chi connectivity index (χ1n) is 11.6. The number of aryl methyl sites for hydroxylation is 1. The van der Waals surface area contributed by atoms with Crippen LogP contribution in [0, 0.1) is 6.92 Å². The number of rotatable bonds is 10. The summed E-state index contributed by atoms with van der Waals surface area (Å²) in [6.45, 7) is 5.39. The number of sulfonamides is 1. The van der Waals surface area contributed by atoms with Crippen molar-refractivity contribution in [1.29, 1.82) is 0 Å². The summed E-state index contributed by atoms with van der Waals surface area (Å²) in [5.74, 6) is -0.859. The monoisotopic (exact) mass is 527 g/mol. The molecule has 1 N–H and O–H groups in total. The smallest absolute Gasteiger partial charge is 0.264 e. The van der Waals surface area contributed by atoms with Crippen LogP contribution in [0.15, 0.2) is 83.8 Å². The maximum Gasteiger partial charge on any atom is 0.264 e. The lowest BCUT2D eigenvalue weighted by Gasteiger charge is -2.32. The van der Waals surface area contributed by atoms with Gasteiger partial charge in [-0.2, -0.15) is 0 Å². The number of nitrogens with zero attached hydrogens (tertiary/aromatic N) is 2. The Morgan fingerprint density at radius 2 is 1.56 bits per heavy atom. The van der Waals surface area contributed by atoms with Crippen molar-refractivity contribution in [3.05, 3.63) is 95.0 Å². The van der Waals surface area contributed by atoms with Crippen molar-refractivity contribution in [2.24, 2.45) is 0 Å². The van der Waals surface area contributed by atoms with Gasteiger partial charge in [-0.15, -0.1) is 0 Å². The minimum Gasteiger partial charge on any atom is -0.355 e. The molecule has 2 amide bonds. The molecule has 0 aromatic heterocycles. The Balaban J connectivity index is 2.02. The van der Waals surface area contributed by atoms with E-state index < -0.39 is 28.5 Å². The zero-order valence-electron chi connectivity index (χ0n) is 20.5. The van der Waals surface area contributed by atoms with Gasteiger partial charge in [-0.3, -0.25) is 13.9 Å². The average molecular weight is 528 g/mol. The maximum absolute atomic E-state index is 13.7. The molecule has 0 unspecified atom stereocenters. The third-order valence-corrected chi connectivity index (χ3v) is 7.82. The number of halogens is 1. The molecule has 0 aliphatic heterocycles. The average Bonchev–Trinajstić information content (AvgIpc) is 2.87. The Bertz CT molecular complexity index is 1300. The Labute approximate surface area is 217 Å². The third-order valence-electron chi connectivity index (χ3n) is 5.72. The SMILES string of the molecule is CCNC(=O)[C@@H](C)N(Cc1ccc(C)cc1)C(=O)CN(c1ccccc1Cl)S(=O)(=O)c1ccccc1. The van der Waals surface area contributed by atoms with Gasteiger partial charge in [0.25, 0.3) is 10.0 Å². The first-order chi connectivity index (χ1) is 17.1. The summed E-state index contributed by atoms with van der Waals surface area (Å²) in [6.07, 6.45) is 0. The van der Waals surface area contributed by atoms with Gasteiger partial charge in [-0.05, 0) is 50.6 Å². The summed E-state index contributed by atoms with van der Waals surface area (Å²) in [6, 6.07) is 21.1. The van der Waals surface area contributed by atoms with Gasteiger partial charge in [-0.25, -0.2) is 8.42 Å². The van der Waals surface area contributed by atoms with E-state index in [-0.39, 0.29) is 28.1 Å². The number of likely N-dealkylation sites (N-methyl/N-ethyl adjacent to an activating group) is 1. The van der Waals surface area contributed by atoms with Crippen LogP contribution < -0.4 is 9.62 Å². The standard InChI is InChI=1S/C27H30ClN3O4S/c1-4-29-27(33)21(3)30(18-22-16-14-20(2)15-17-22)26(32)19-31(25-13-9-8-12-24(25)28)36(34,35)23-10-6-5-7-11-23/h5-17,21H,4,18-19H2,1-3H3,(H,29,33)/t21-/m1/s1. The summed E-state index contributed by atoms with van der Waals surface area (Å²) in [5.41, 5.74) is 2.06. The van der Waals surface area contributed by atoms with Crippen molar-refractivity contribution in [2.45, 2.75) is 38.3 Å². The molecule has 0 spiro atoms. The van der Waals surface area contributed by atoms with Gasteiger partial charge in [0.1, 0.15) is 12.6 Å². The van der Waals surface area contributed by atoms with E-state index in [1.807, 2.05) is 31.2 Å². The summed E-state index contributed by atoms with van der Waals surface area (Å²) in [5, 5.41) is 2.93. The normalized spacial score (nSPS) is 12.0. The summed E-state index contributed by atoms with van der Waals surface area (Å²) in [7, 11) is -4.14. The number of para-hydroxylation sites is 1. The van der Waals surface area contributed by atoms with Gasteiger partial charge in [0, 0.05) is 13.1 Å². The zero-order chi connectivity index (χ0) is 26.3. The highest BCUT2D eigenvalue weighted by Gasteiger charge is 2.33. The van der Waals surface area contributed by atoms with Crippen LogP contribution in [0.4, 0.5) is 5.69 Å². The van der Waals surface area contributed by atoms with E-state index in [4.69, 9.17) is 11.6 Å². The number of anilines is 1. The number of benzene rings is 3. The molecule has 7 nitrogen and oxygen atoms in total. The molecule has 9 heteroatoms. The Morgan fingerprint density at radius 1 is 0.944 bits per heavy atom. The molecular weight excluding hydrogens is 498 g/mol. The summed E-state index contributed by atoms with van der Waals surface area (Å²) < 4.78 is 28.3. The van der Waals surface area contributed by atoms with Crippen LogP contribution in [-0.4, -0.2) is 44.3 Å². The van der Waals surface area contributed by atoms with E-state index >= 15 is 0 Å². The van der Waals surface area contributed by atoms with Crippen LogP contribution in [0.5, 0.6) is 0 Å². The summed E-state index contributed by atoms with van der Waals surface area (Å²) in [4.78, 5) is 27.9. The molecule has 0 saturated carbocycles. The van der Waals surface area contributed by atoms with Crippen LogP contribution in [-0.2, 0) is 26.2 Å². The van der Waals surface area contributed by atoms with Gasteiger partial charge >= 0.3 is 0 Å². The molecule has 0 bridgehead atoms. The number of hydrogen-bond acceptors (Lipinski definition) is 4. The van der Waals surface area contributed by atoms with Crippen molar-refractivity contribution in [1.82, 2.24) is 10.2 Å². The summed E-state index contributed by atoms with van der Waals surface area (Å²) >= 11 is 6.38. The molecule has 3 rings (SSSR count). The Morgan fingerprint density at radius 3 is 2.17 bits per heavy atom. The van der Waals surface area contributed by atoms with E-state index in [9.17, 15) is 18.0 Å². The van der Waals surface area contributed by atoms with E-state index in [0.717, 1.165) is 15.4 Å². The number of amides is 2. The molecule has 3 aromatic rings. The fourth-order valence-electron chi connectivity index (χ4n) is 3.68. The Hall–Kier alpha value is -3.36. The second-order valence-corrected chi connectivity index (χ2v) is 10.6. The van der Waals surface area contributed by atoms with Crippen LogP contribution in [0.1, 0.15) is 25.0 Å². The molecule has 36 heavy (non-hydrogen) atoms. The second-order valence-electron chi connectivity index (χ2n) is 8.35. The predicted octanol–water partition coefficient (Wildman–Crippen LogP) is 4.40. The second kappa shape index (κ2) is 12.1. The maximum atomic E-state index is 13.7. The highest BCUT2D eigenvalue weighted by molar-refractivity contribution is 7.92. The van der Waals surface area contributed by atoms with Crippen LogP contribution in [0.25, 0.3) is 0 Å². The van der Waals surface area contributed by atoms with E-state index in [1.54, 1.807) is 56.3 Å². The van der Waals surface area contributed by atoms with Crippen LogP contribution in [0.2, 0.25) is 5.02 Å². The lowest BCUT2D eigenvalue weighted by atomic mass is 10.1. The quantitative estimate of drug-likeness (QED) is 0.423. The van der Waals surface area contributed by atoms with Crippen molar-refractivity contribution in [2.75, 3.05) is 17.4 Å². The van der Waals surface area contributed by atoms with E-state index in [0.29, 0.717) is 6.54 Å².